The minimum atomic E-state index is 0.304. The van der Waals surface area contributed by atoms with Gasteiger partial charge in [0.2, 0.25) is 0 Å². The molecule has 0 radical (unpaired) electrons. The average Bonchev–Trinajstić information content (AvgIpc) is 2.87. The van der Waals surface area contributed by atoms with Gasteiger partial charge >= 0.3 is 0 Å². The van der Waals surface area contributed by atoms with E-state index in [4.69, 9.17) is 0 Å². The Bertz CT molecular complexity index is 684. The van der Waals surface area contributed by atoms with Gasteiger partial charge in [-0.15, -0.1) is 5.10 Å². The van der Waals surface area contributed by atoms with Gasteiger partial charge in [0.1, 0.15) is 5.69 Å². The van der Waals surface area contributed by atoms with Crippen LogP contribution in [0.3, 0.4) is 0 Å². The van der Waals surface area contributed by atoms with Crippen LogP contribution in [0.5, 0.6) is 0 Å². The van der Waals surface area contributed by atoms with Gasteiger partial charge in [-0.3, -0.25) is 9.78 Å². The highest BCUT2D eigenvalue weighted by Crippen LogP contribution is 2.18. The van der Waals surface area contributed by atoms with Crippen molar-refractivity contribution in [1.82, 2.24) is 20.0 Å². The normalized spacial score (nSPS) is 10.6. The monoisotopic (exact) mass is 224 g/mol. The Morgan fingerprint density at radius 3 is 2.88 bits per heavy atom. The lowest BCUT2D eigenvalue weighted by Gasteiger charge is -2.03. The van der Waals surface area contributed by atoms with Crippen LogP contribution in [0, 0.1) is 0 Å². The summed E-state index contributed by atoms with van der Waals surface area (Å²) >= 11 is 0. The number of benzene rings is 1. The molecule has 0 fully saturated rings. The minimum absolute atomic E-state index is 0.304. The summed E-state index contributed by atoms with van der Waals surface area (Å²) in [5.74, 6) is 0. The van der Waals surface area contributed by atoms with Crippen molar-refractivity contribution in [2.24, 2.45) is 0 Å². The van der Waals surface area contributed by atoms with E-state index in [9.17, 15) is 4.79 Å². The maximum atomic E-state index is 10.6. The number of carbonyl (C=O) groups is 1. The Morgan fingerprint density at radius 1 is 1.18 bits per heavy atom. The van der Waals surface area contributed by atoms with Crippen LogP contribution in [0.4, 0.5) is 0 Å². The highest BCUT2D eigenvalue weighted by Gasteiger charge is 2.06. The third kappa shape index (κ3) is 1.57. The van der Waals surface area contributed by atoms with E-state index >= 15 is 0 Å². The molecule has 82 valence electrons. The van der Waals surface area contributed by atoms with Crippen molar-refractivity contribution in [1.29, 1.82) is 0 Å². The van der Waals surface area contributed by atoms with E-state index in [2.05, 4.69) is 15.3 Å². The Morgan fingerprint density at radius 2 is 2.06 bits per heavy atom. The van der Waals surface area contributed by atoms with Crippen molar-refractivity contribution in [2.45, 2.75) is 0 Å². The first-order valence-electron chi connectivity index (χ1n) is 5.10. The first kappa shape index (κ1) is 9.65. The average molecular weight is 224 g/mol. The molecule has 3 aromatic rings. The van der Waals surface area contributed by atoms with Crippen LogP contribution < -0.4 is 0 Å². The van der Waals surface area contributed by atoms with Crippen LogP contribution in [-0.2, 0) is 0 Å². The number of carbonyl (C=O) groups excluding carboxylic acids is 1. The van der Waals surface area contributed by atoms with Gasteiger partial charge in [-0.1, -0.05) is 23.4 Å². The van der Waals surface area contributed by atoms with E-state index in [-0.39, 0.29) is 0 Å². The number of nitrogens with zero attached hydrogens (tertiary/aromatic N) is 4. The number of aldehydes is 1. The van der Waals surface area contributed by atoms with Gasteiger partial charge in [0, 0.05) is 11.6 Å². The van der Waals surface area contributed by atoms with Crippen molar-refractivity contribution in [3.8, 4) is 5.69 Å². The molecule has 5 nitrogen and oxygen atoms in total. The second-order valence-electron chi connectivity index (χ2n) is 3.56. The second-order valence-corrected chi connectivity index (χ2v) is 3.56. The molecule has 0 unspecified atom stereocenters. The quantitative estimate of drug-likeness (QED) is 0.621. The number of hydrogen-bond donors (Lipinski definition) is 0. The lowest BCUT2D eigenvalue weighted by Crippen LogP contribution is -1.97. The molecule has 0 N–H and O–H groups in total. The minimum Gasteiger partial charge on any atom is -0.296 e. The third-order valence-electron chi connectivity index (χ3n) is 2.49. The summed E-state index contributed by atoms with van der Waals surface area (Å²) in [7, 11) is 0. The van der Waals surface area contributed by atoms with Crippen molar-refractivity contribution >= 4 is 17.2 Å². The van der Waals surface area contributed by atoms with Gasteiger partial charge in [0.05, 0.1) is 17.4 Å². The maximum Gasteiger partial charge on any atom is 0.171 e. The summed E-state index contributed by atoms with van der Waals surface area (Å²) < 4.78 is 1.55. The number of aromatic nitrogens is 4. The molecular weight excluding hydrogens is 216 g/mol. The lowest BCUT2D eigenvalue weighted by atomic mass is 10.2. The summed E-state index contributed by atoms with van der Waals surface area (Å²) in [6.07, 6.45) is 3.97. The number of para-hydroxylation sites is 1. The fourth-order valence-corrected chi connectivity index (χ4v) is 1.72. The fraction of sp³-hybridized carbons (Fsp3) is 0. The van der Waals surface area contributed by atoms with Crippen molar-refractivity contribution in [3.63, 3.8) is 0 Å². The molecule has 3 rings (SSSR count). The fourth-order valence-electron chi connectivity index (χ4n) is 1.72. The van der Waals surface area contributed by atoms with Crippen molar-refractivity contribution < 1.29 is 4.79 Å². The Hall–Kier alpha value is -2.56. The summed E-state index contributed by atoms with van der Waals surface area (Å²) in [5.41, 5.74) is 1.94. The molecule has 0 aliphatic carbocycles. The molecule has 2 aromatic heterocycles. The maximum absolute atomic E-state index is 10.6. The zero-order chi connectivity index (χ0) is 11.7. The standard InChI is InChI=1S/C12H8N4O/c17-8-10-7-16(15-14-10)11-5-1-3-9-4-2-6-13-12(9)11/h1-8H. The number of pyridine rings is 1. The van der Waals surface area contributed by atoms with Gasteiger partial charge in [-0.05, 0) is 12.1 Å². The molecule has 0 atom stereocenters. The summed E-state index contributed by atoms with van der Waals surface area (Å²) in [6, 6.07) is 9.64. The largest absolute Gasteiger partial charge is 0.296 e. The first-order chi connectivity index (χ1) is 8.38. The van der Waals surface area contributed by atoms with Crippen LogP contribution in [0.2, 0.25) is 0 Å². The molecule has 2 heterocycles. The SMILES string of the molecule is O=Cc1cn(-c2cccc3cccnc23)nn1. The number of rotatable bonds is 2. The first-order valence-corrected chi connectivity index (χ1v) is 5.10. The van der Waals surface area contributed by atoms with Crippen LogP contribution in [0.15, 0.2) is 42.7 Å². The summed E-state index contributed by atoms with van der Waals surface area (Å²) in [6.45, 7) is 0. The van der Waals surface area contributed by atoms with Crippen molar-refractivity contribution in [3.05, 3.63) is 48.4 Å². The zero-order valence-electron chi connectivity index (χ0n) is 8.82. The Balaban J connectivity index is 2.26. The second kappa shape index (κ2) is 3.79. The Labute approximate surface area is 96.7 Å². The Kier molecular flexibility index (Phi) is 2.15. The molecule has 5 heteroatoms. The van der Waals surface area contributed by atoms with Crippen LogP contribution in [-0.4, -0.2) is 26.3 Å². The van der Waals surface area contributed by atoms with Crippen molar-refractivity contribution in [2.75, 3.05) is 0 Å². The molecule has 0 amide bonds. The smallest absolute Gasteiger partial charge is 0.171 e. The van der Waals surface area contributed by atoms with Crippen LogP contribution >= 0.6 is 0 Å². The van der Waals surface area contributed by atoms with E-state index in [0.29, 0.717) is 12.0 Å². The predicted octanol–water partition coefficient (Wildman–Crippen LogP) is 1.63. The highest BCUT2D eigenvalue weighted by atomic mass is 16.1. The topological polar surface area (TPSA) is 60.7 Å². The van der Waals surface area contributed by atoms with Gasteiger partial charge in [0.15, 0.2) is 6.29 Å². The number of fused-ring (bicyclic) bond motifs is 1. The molecule has 0 bridgehead atoms. The van der Waals surface area contributed by atoms with E-state index < -0.39 is 0 Å². The molecule has 17 heavy (non-hydrogen) atoms. The summed E-state index contributed by atoms with van der Waals surface area (Å²) in [5, 5.41) is 8.66. The van der Waals surface area contributed by atoms with Crippen LogP contribution in [0.1, 0.15) is 10.5 Å². The van der Waals surface area contributed by atoms with Gasteiger partial charge in [0.25, 0.3) is 0 Å². The van der Waals surface area contributed by atoms with Gasteiger partial charge in [-0.25, -0.2) is 4.68 Å². The van der Waals surface area contributed by atoms with E-state index in [1.807, 2.05) is 30.3 Å². The lowest BCUT2D eigenvalue weighted by molar-refractivity contribution is 0.111. The molecule has 0 aliphatic heterocycles. The molecule has 1 aromatic carbocycles. The highest BCUT2D eigenvalue weighted by molar-refractivity contribution is 5.86. The van der Waals surface area contributed by atoms with Crippen LogP contribution in [0.25, 0.3) is 16.6 Å². The van der Waals surface area contributed by atoms with E-state index in [1.165, 1.54) is 0 Å². The molecule has 0 saturated heterocycles. The predicted molar refractivity (Wildman–Crippen MR) is 62.0 cm³/mol. The summed E-state index contributed by atoms with van der Waals surface area (Å²) in [4.78, 5) is 14.9. The van der Waals surface area contributed by atoms with Gasteiger partial charge < -0.3 is 0 Å². The van der Waals surface area contributed by atoms with E-state index in [0.717, 1.165) is 16.6 Å². The number of hydrogen-bond acceptors (Lipinski definition) is 4. The molecule has 0 spiro atoms. The molecular formula is C12H8N4O. The van der Waals surface area contributed by atoms with E-state index in [1.54, 1.807) is 17.1 Å². The third-order valence-corrected chi connectivity index (χ3v) is 2.49. The molecule has 0 aliphatic rings. The molecule has 0 saturated carbocycles. The van der Waals surface area contributed by atoms with Gasteiger partial charge in [-0.2, -0.15) is 0 Å². The zero-order valence-corrected chi connectivity index (χ0v) is 8.82.